The summed E-state index contributed by atoms with van der Waals surface area (Å²) in [6.45, 7) is 1.42. The number of nitrogens with zero attached hydrogens (tertiary/aromatic N) is 2. The summed E-state index contributed by atoms with van der Waals surface area (Å²) in [4.78, 5) is 40.7. The monoisotopic (exact) mass is 586 g/mol. The van der Waals surface area contributed by atoms with Crippen LogP contribution >= 0.6 is 22.9 Å². The molecule has 2 aromatic heterocycles. The number of aliphatic hydroxyl groups is 1. The fourth-order valence-corrected chi connectivity index (χ4v) is 7.05. The Hall–Kier alpha value is -3.14. The lowest BCUT2D eigenvalue weighted by Crippen LogP contribution is -2.43. The van der Waals surface area contributed by atoms with E-state index in [4.69, 9.17) is 11.6 Å². The molecular formula is C30H29ClF2N2O4S. The maximum absolute atomic E-state index is 14.7. The first kappa shape index (κ1) is 28.4. The van der Waals surface area contributed by atoms with Gasteiger partial charge in [-0.25, -0.2) is 13.6 Å². The second-order valence-electron chi connectivity index (χ2n) is 10.2. The van der Waals surface area contributed by atoms with E-state index in [1.54, 1.807) is 0 Å². The molecular weight excluding hydrogens is 558 g/mol. The number of fused-ring (bicyclic) bond motifs is 1. The Labute approximate surface area is 238 Å². The van der Waals surface area contributed by atoms with Crippen LogP contribution in [0.1, 0.15) is 61.8 Å². The van der Waals surface area contributed by atoms with Crippen LogP contribution in [0.5, 0.6) is 0 Å². The molecule has 40 heavy (non-hydrogen) atoms. The molecule has 4 aromatic rings. The summed E-state index contributed by atoms with van der Waals surface area (Å²) in [5, 5.41) is 10.3. The lowest BCUT2D eigenvalue weighted by molar-refractivity contribution is -0.118. The van der Waals surface area contributed by atoms with Gasteiger partial charge in [0.05, 0.1) is 18.0 Å². The second-order valence-corrected chi connectivity index (χ2v) is 11.5. The number of hydrogen-bond acceptors (Lipinski definition) is 5. The van der Waals surface area contributed by atoms with Gasteiger partial charge in [0.25, 0.3) is 5.56 Å². The summed E-state index contributed by atoms with van der Waals surface area (Å²) in [7, 11) is 0. The molecule has 1 N–H and O–H groups in total. The maximum atomic E-state index is 14.7. The number of aromatic nitrogens is 2. The average molecular weight is 587 g/mol. The second kappa shape index (κ2) is 11.8. The van der Waals surface area contributed by atoms with Gasteiger partial charge >= 0.3 is 5.69 Å². The van der Waals surface area contributed by atoms with E-state index in [1.165, 1.54) is 26.5 Å². The van der Waals surface area contributed by atoms with Gasteiger partial charge in [0.2, 0.25) is 0 Å². The van der Waals surface area contributed by atoms with Gasteiger partial charge in [-0.3, -0.25) is 18.7 Å². The Morgan fingerprint density at radius 3 is 2.27 bits per heavy atom. The number of alkyl halides is 1. The topological polar surface area (TPSA) is 81.3 Å². The first-order valence-corrected chi connectivity index (χ1v) is 14.7. The molecule has 10 heteroatoms. The van der Waals surface area contributed by atoms with Crippen LogP contribution in [0, 0.1) is 11.6 Å². The van der Waals surface area contributed by atoms with E-state index < -0.39 is 41.6 Å². The highest BCUT2D eigenvalue weighted by Gasteiger charge is 2.29. The molecule has 5 rings (SSSR count). The summed E-state index contributed by atoms with van der Waals surface area (Å²) >= 11 is 7.61. The Kier molecular flexibility index (Phi) is 8.35. The number of thiophene rings is 1. The maximum Gasteiger partial charge on any atom is 0.332 e. The van der Waals surface area contributed by atoms with Crippen molar-refractivity contribution in [3.63, 3.8) is 0 Å². The molecule has 0 unspecified atom stereocenters. The van der Waals surface area contributed by atoms with Crippen LogP contribution in [0.4, 0.5) is 8.78 Å². The number of benzene rings is 2. The first-order valence-electron chi connectivity index (χ1n) is 13.3. The highest BCUT2D eigenvalue weighted by Crippen LogP contribution is 2.39. The smallest absolute Gasteiger partial charge is 0.332 e. The van der Waals surface area contributed by atoms with Crippen LogP contribution in [-0.2, 0) is 23.6 Å². The minimum absolute atomic E-state index is 0.0176. The molecule has 1 fully saturated rings. The Balaban J connectivity index is 1.73. The Morgan fingerprint density at radius 1 is 1.02 bits per heavy atom. The standard InChI is InChI=1S/C30H29ClF2N2O4S/c1-2-20(36)14-17-6-8-18(9-7-17)27-22(15-31)26-28(38)35(19-10-12-21(37)13-11-19)30(39)34(29(26)40-27)16-23-24(32)4-3-5-25(23)33/h3-9,19,21,37H,2,10-16H2,1H3. The van der Waals surface area contributed by atoms with Crippen LogP contribution in [0.25, 0.3) is 20.7 Å². The highest BCUT2D eigenvalue weighted by molar-refractivity contribution is 7.22. The van der Waals surface area contributed by atoms with E-state index in [2.05, 4.69) is 0 Å². The summed E-state index contributed by atoms with van der Waals surface area (Å²) < 4.78 is 31.9. The van der Waals surface area contributed by atoms with Crippen molar-refractivity contribution < 1.29 is 18.7 Å². The number of halogens is 3. The van der Waals surface area contributed by atoms with Gasteiger partial charge in [-0.2, -0.15) is 0 Å². The van der Waals surface area contributed by atoms with Crippen LogP contribution in [0.2, 0.25) is 0 Å². The molecule has 210 valence electrons. The lowest BCUT2D eigenvalue weighted by Gasteiger charge is -2.27. The molecule has 0 aliphatic heterocycles. The fraction of sp³-hybridized carbons (Fsp3) is 0.367. The molecule has 1 saturated carbocycles. The van der Waals surface area contributed by atoms with E-state index in [0.29, 0.717) is 53.8 Å². The number of hydrogen-bond donors (Lipinski definition) is 1. The van der Waals surface area contributed by atoms with Crippen molar-refractivity contribution in [1.29, 1.82) is 0 Å². The summed E-state index contributed by atoms with van der Waals surface area (Å²) in [5.74, 6) is -1.47. The predicted molar refractivity (Wildman–Crippen MR) is 153 cm³/mol. The average Bonchev–Trinajstić information content (AvgIpc) is 3.33. The number of carbonyl (C=O) groups excluding carboxylic acids is 1. The zero-order chi connectivity index (χ0) is 28.6. The van der Waals surface area contributed by atoms with E-state index in [-0.39, 0.29) is 22.6 Å². The van der Waals surface area contributed by atoms with Crippen molar-refractivity contribution in [1.82, 2.24) is 9.13 Å². The number of rotatable bonds is 8. The van der Waals surface area contributed by atoms with Crippen molar-refractivity contribution in [3.05, 3.63) is 91.6 Å². The zero-order valence-electron chi connectivity index (χ0n) is 22.0. The van der Waals surface area contributed by atoms with Crippen LogP contribution in [0.3, 0.4) is 0 Å². The molecule has 1 aliphatic rings. The quantitative estimate of drug-likeness (QED) is 0.259. The fourth-order valence-electron chi connectivity index (χ4n) is 5.39. The van der Waals surface area contributed by atoms with Gasteiger partial charge in [0, 0.05) is 40.8 Å². The summed E-state index contributed by atoms with van der Waals surface area (Å²) in [5.41, 5.74) is 0.739. The molecule has 0 spiro atoms. The molecule has 2 aromatic carbocycles. The first-order chi connectivity index (χ1) is 19.2. The predicted octanol–water partition coefficient (Wildman–Crippen LogP) is 5.95. The summed E-state index contributed by atoms with van der Waals surface area (Å²) in [6, 6.07) is 10.5. The third-order valence-corrected chi connectivity index (χ3v) is 9.23. The highest BCUT2D eigenvalue weighted by atomic mass is 35.5. The number of ketones is 1. The minimum Gasteiger partial charge on any atom is -0.393 e. The van der Waals surface area contributed by atoms with E-state index in [9.17, 15) is 28.3 Å². The molecule has 6 nitrogen and oxygen atoms in total. The van der Waals surface area contributed by atoms with Gasteiger partial charge in [-0.05, 0) is 48.9 Å². The van der Waals surface area contributed by atoms with Gasteiger partial charge in [-0.1, -0.05) is 37.3 Å². The molecule has 0 amide bonds. The number of carbonyl (C=O) groups is 1. The van der Waals surface area contributed by atoms with Gasteiger partial charge < -0.3 is 5.11 Å². The van der Waals surface area contributed by atoms with E-state index >= 15 is 0 Å². The largest absolute Gasteiger partial charge is 0.393 e. The summed E-state index contributed by atoms with van der Waals surface area (Å²) in [6.07, 6.45) is 2.02. The molecule has 2 heterocycles. The normalized spacial score (nSPS) is 17.4. The van der Waals surface area contributed by atoms with Gasteiger partial charge in [-0.15, -0.1) is 22.9 Å². The zero-order valence-corrected chi connectivity index (χ0v) is 23.5. The molecule has 0 saturated heterocycles. The Bertz CT molecular complexity index is 1670. The lowest BCUT2D eigenvalue weighted by atomic mass is 9.93. The SMILES string of the molecule is CCC(=O)Cc1ccc(-c2sc3c(c2CCl)c(=O)n(C2CCC(O)CC2)c(=O)n3Cc2c(F)cccc2F)cc1. The third kappa shape index (κ3) is 5.30. The van der Waals surface area contributed by atoms with Crippen molar-refractivity contribution in [3.8, 4) is 10.4 Å². The van der Waals surface area contributed by atoms with Crippen LogP contribution in [-0.4, -0.2) is 26.1 Å². The molecule has 0 atom stereocenters. The Morgan fingerprint density at radius 2 is 1.68 bits per heavy atom. The van der Waals surface area contributed by atoms with Crippen LogP contribution < -0.4 is 11.2 Å². The number of Topliss-reactive ketones (excluding diaryl/α,β-unsaturated/α-hetero) is 1. The van der Waals surface area contributed by atoms with Crippen LogP contribution in [0.15, 0.2) is 52.1 Å². The van der Waals surface area contributed by atoms with Crippen molar-refractivity contribution in [2.75, 3.05) is 0 Å². The van der Waals surface area contributed by atoms with E-state index in [1.807, 2.05) is 31.2 Å². The number of aliphatic hydroxyl groups excluding tert-OH is 1. The van der Waals surface area contributed by atoms with Crippen molar-refractivity contribution >= 4 is 38.9 Å². The van der Waals surface area contributed by atoms with Gasteiger partial charge in [0.15, 0.2) is 0 Å². The van der Waals surface area contributed by atoms with E-state index in [0.717, 1.165) is 23.3 Å². The minimum atomic E-state index is -0.787. The molecule has 1 aliphatic carbocycles. The van der Waals surface area contributed by atoms with Crippen molar-refractivity contribution in [2.45, 2.75) is 70.0 Å². The molecule has 0 radical (unpaired) electrons. The molecule has 0 bridgehead atoms. The third-order valence-electron chi connectivity index (χ3n) is 7.66. The van der Waals surface area contributed by atoms with Gasteiger partial charge in [0.1, 0.15) is 22.2 Å². The van der Waals surface area contributed by atoms with Crippen molar-refractivity contribution in [2.24, 2.45) is 0 Å².